The minimum Gasteiger partial charge on any atom is -0.493 e. The van der Waals surface area contributed by atoms with Crippen LogP contribution in [0.5, 0.6) is 23.0 Å². The lowest BCUT2D eigenvalue weighted by atomic mass is 10.00. The number of amides is 1. The second-order valence-electron chi connectivity index (χ2n) is 10.0. The van der Waals surface area contributed by atoms with E-state index in [1.165, 1.54) is 0 Å². The van der Waals surface area contributed by atoms with E-state index in [1.54, 1.807) is 27.7 Å². The highest BCUT2D eigenvalue weighted by Crippen LogP contribution is 2.37. The maximum Gasteiger partial charge on any atom is 0.407 e. The third-order valence-electron chi connectivity index (χ3n) is 6.04. The van der Waals surface area contributed by atoms with Gasteiger partial charge >= 0.3 is 6.09 Å². The van der Waals surface area contributed by atoms with Gasteiger partial charge in [0.2, 0.25) is 0 Å². The van der Waals surface area contributed by atoms with Crippen LogP contribution in [-0.4, -0.2) is 56.1 Å². The average molecular weight is 546 g/mol. The van der Waals surface area contributed by atoms with E-state index < -0.39 is 11.7 Å². The first kappa shape index (κ1) is 28.5. The second kappa shape index (κ2) is 12.5. The van der Waals surface area contributed by atoms with Crippen molar-refractivity contribution < 1.29 is 28.5 Å². The van der Waals surface area contributed by atoms with Gasteiger partial charge in [0.1, 0.15) is 11.9 Å². The molecule has 0 saturated heterocycles. The molecule has 1 amide bonds. The third kappa shape index (κ3) is 6.91. The number of nitrogens with one attached hydrogen (secondary N) is 1. The van der Waals surface area contributed by atoms with Gasteiger partial charge in [-0.1, -0.05) is 12.1 Å². The standard InChI is InChI=1S/C31H35N3O6/c1-31(2,3)40-30(35)32-14-7-15-39-26-13-10-22(18-28(26)38-6)29-23-16-20(8-11-24(23)33-19-34-29)21-9-12-25(36-4)27(17-21)37-5/h8-13,16-19H,7,14-15H2,1-6H3,(H,32,35). The van der Waals surface area contributed by atoms with Crippen LogP contribution in [0.1, 0.15) is 27.2 Å². The molecule has 1 N–H and O–H groups in total. The van der Waals surface area contributed by atoms with Crippen LogP contribution in [0.15, 0.2) is 60.9 Å². The highest BCUT2D eigenvalue weighted by Gasteiger charge is 2.16. The summed E-state index contributed by atoms with van der Waals surface area (Å²) in [7, 11) is 4.84. The molecule has 0 aliphatic carbocycles. The SMILES string of the molecule is COc1ccc(-c2ccc3ncnc(-c4ccc(OCCCNC(=O)OC(C)(C)C)c(OC)c4)c3c2)cc1OC. The van der Waals surface area contributed by atoms with E-state index in [4.69, 9.17) is 23.7 Å². The Bertz CT molecular complexity index is 1480. The average Bonchev–Trinajstić information content (AvgIpc) is 2.95. The van der Waals surface area contributed by atoms with Gasteiger partial charge in [-0.3, -0.25) is 0 Å². The molecule has 0 bridgehead atoms. The molecular weight excluding hydrogens is 510 g/mol. The fourth-order valence-electron chi connectivity index (χ4n) is 4.18. The number of methoxy groups -OCH3 is 3. The van der Waals surface area contributed by atoms with Crippen LogP contribution in [0.3, 0.4) is 0 Å². The quantitative estimate of drug-likeness (QED) is 0.232. The van der Waals surface area contributed by atoms with Gasteiger partial charge in [0.25, 0.3) is 0 Å². The summed E-state index contributed by atoms with van der Waals surface area (Å²) >= 11 is 0. The Labute approximate surface area is 234 Å². The first-order valence-electron chi connectivity index (χ1n) is 13.0. The predicted octanol–water partition coefficient (Wildman–Crippen LogP) is 6.28. The number of hydrogen-bond donors (Lipinski definition) is 1. The molecule has 3 aromatic carbocycles. The maximum atomic E-state index is 11.8. The molecule has 9 nitrogen and oxygen atoms in total. The largest absolute Gasteiger partial charge is 0.493 e. The normalized spacial score (nSPS) is 11.2. The van der Waals surface area contributed by atoms with Crippen LogP contribution in [-0.2, 0) is 4.74 Å². The minimum absolute atomic E-state index is 0.399. The Morgan fingerprint density at radius 2 is 1.40 bits per heavy atom. The van der Waals surface area contributed by atoms with Crippen molar-refractivity contribution >= 4 is 17.0 Å². The molecular formula is C31H35N3O6. The lowest BCUT2D eigenvalue weighted by molar-refractivity contribution is 0.0525. The summed E-state index contributed by atoms with van der Waals surface area (Å²) < 4.78 is 27.7. The first-order valence-corrected chi connectivity index (χ1v) is 13.0. The number of hydrogen-bond acceptors (Lipinski definition) is 8. The molecule has 210 valence electrons. The molecule has 0 saturated carbocycles. The van der Waals surface area contributed by atoms with Gasteiger partial charge in [0.05, 0.1) is 39.1 Å². The summed E-state index contributed by atoms with van der Waals surface area (Å²) in [6.07, 6.45) is 1.72. The molecule has 4 aromatic rings. The molecule has 0 fully saturated rings. The smallest absolute Gasteiger partial charge is 0.407 e. The van der Waals surface area contributed by atoms with Crippen molar-refractivity contribution in [2.75, 3.05) is 34.5 Å². The Hall–Kier alpha value is -4.53. The zero-order valence-electron chi connectivity index (χ0n) is 23.7. The van der Waals surface area contributed by atoms with E-state index in [-0.39, 0.29) is 0 Å². The number of alkyl carbamates (subject to hydrolysis) is 1. The zero-order chi connectivity index (χ0) is 28.7. The first-order chi connectivity index (χ1) is 19.2. The van der Waals surface area contributed by atoms with Crippen LogP contribution >= 0.6 is 0 Å². The number of nitrogens with zero attached hydrogens (tertiary/aromatic N) is 2. The van der Waals surface area contributed by atoms with Gasteiger partial charge in [-0.25, -0.2) is 14.8 Å². The van der Waals surface area contributed by atoms with Crippen LogP contribution in [0, 0.1) is 0 Å². The van der Waals surface area contributed by atoms with E-state index in [2.05, 4.69) is 21.4 Å². The van der Waals surface area contributed by atoms with Crippen molar-refractivity contribution in [1.82, 2.24) is 15.3 Å². The highest BCUT2D eigenvalue weighted by molar-refractivity contribution is 5.95. The van der Waals surface area contributed by atoms with Crippen LogP contribution < -0.4 is 24.3 Å². The molecule has 0 atom stereocenters. The predicted molar refractivity (Wildman–Crippen MR) is 154 cm³/mol. The summed E-state index contributed by atoms with van der Waals surface area (Å²) in [4.78, 5) is 20.9. The summed E-state index contributed by atoms with van der Waals surface area (Å²) in [5, 5.41) is 3.63. The van der Waals surface area contributed by atoms with Crippen LogP contribution in [0.2, 0.25) is 0 Å². The van der Waals surface area contributed by atoms with Gasteiger partial charge in [-0.05, 0) is 80.8 Å². The van der Waals surface area contributed by atoms with Crippen LogP contribution in [0.25, 0.3) is 33.3 Å². The summed E-state index contributed by atoms with van der Waals surface area (Å²) in [5.41, 5.74) is 3.92. The number of ether oxygens (including phenoxy) is 5. The Morgan fingerprint density at radius 1 is 0.775 bits per heavy atom. The number of benzene rings is 3. The maximum absolute atomic E-state index is 11.8. The van der Waals surface area contributed by atoms with E-state index in [0.717, 1.165) is 33.3 Å². The van der Waals surface area contributed by atoms with Crippen molar-refractivity contribution in [2.24, 2.45) is 0 Å². The molecule has 4 rings (SSSR count). The number of aromatic nitrogens is 2. The fourth-order valence-corrected chi connectivity index (χ4v) is 4.18. The van der Waals surface area contributed by atoms with Crippen molar-refractivity contribution in [3.8, 4) is 45.4 Å². The molecule has 0 aliphatic heterocycles. The number of carbonyl (C=O) groups is 1. The Balaban J connectivity index is 1.52. The van der Waals surface area contributed by atoms with Crippen molar-refractivity contribution in [2.45, 2.75) is 32.8 Å². The third-order valence-corrected chi connectivity index (χ3v) is 6.04. The van der Waals surface area contributed by atoms with E-state index in [1.807, 2.05) is 69.3 Å². The van der Waals surface area contributed by atoms with Crippen molar-refractivity contribution in [3.05, 3.63) is 60.9 Å². The Kier molecular flexibility index (Phi) is 8.93. The molecule has 0 radical (unpaired) electrons. The van der Waals surface area contributed by atoms with Gasteiger partial charge in [-0.15, -0.1) is 0 Å². The molecule has 0 spiro atoms. The second-order valence-corrected chi connectivity index (χ2v) is 10.0. The van der Waals surface area contributed by atoms with E-state index in [9.17, 15) is 4.79 Å². The number of carbonyl (C=O) groups excluding carboxylic acids is 1. The van der Waals surface area contributed by atoms with Gasteiger partial charge in [-0.2, -0.15) is 0 Å². The fraction of sp³-hybridized carbons (Fsp3) is 0.323. The summed E-state index contributed by atoms with van der Waals surface area (Å²) in [5.74, 6) is 2.52. The molecule has 0 aliphatic rings. The number of rotatable bonds is 10. The van der Waals surface area contributed by atoms with Crippen LogP contribution in [0.4, 0.5) is 4.79 Å². The van der Waals surface area contributed by atoms with Gasteiger partial charge < -0.3 is 29.0 Å². The summed E-state index contributed by atoms with van der Waals surface area (Å²) in [6, 6.07) is 17.6. The van der Waals surface area contributed by atoms with Gasteiger partial charge in [0.15, 0.2) is 23.0 Å². The number of fused-ring (bicyclic) bond motifs is 1. The van der Waals surface area contributed by atoms with E-state index in [0.29, 0.717) is 42.6 Å². The molecule has 9 heteroatoms. The summed E-state index contributed by atoms with van der Waals surface area (Å²) in [6.45, 7) is 6.31. The van der Waals surface area contributed by atoms with Crippen molar-refractivity contribution in [3.63, 3.8) is 0 Å². The topological polar surface area (TPSA) is 101 Å². The monoisotopic (exact) mass is 545 g/mol. The lowest BCUT2D eigenvalue weighted by Crippen LogP contribution is -2.33. The van der Waals surface area contributed by atoms with E-state index >= 15 is 0 Å². The zero-order valence-corrected chi connectivity index (χ0v) is 23.7. The Morgan fingerprint density at radius 3 is 2.12 bits per heavy atom. The highest BCUT2D eigenvalue weighted by atomic mass is 16.6. The van der Waals surface area contributed by atoms with Gasteiger partial charge in [0, 0.05) is 17.5 Å². The molecule has 0 unspecified atom stereocenters. The molecule has 1 heterocycles. The molecule has 1 aromatic heterocycles. The van der Waals surface area contributed by atoms with Crippen molar-refractivity contribution in [1.29, 1.82) is 0 Å². The lowest BCUT2D eigenvalue weighted by Gasteiger charge is -2.19. The minimum atomic E-state index is -0.532. The molecule has 40 heavy (non-hydrogen) atoms.